The van der Waals surface area contributed by atoms with E-state index in [1.54, 1.807) is 6.07 Å². The molecule has 3 aliphatic rings. The van der Waals surface area contributed by atoms with Crippen LogP contribution >= 0.6 is 14.2 Å². The van der Waals surface area contributed by atoms with Crippen molar-refractivity contribution in [1.82, 2.24) is 34.1 Å². The van der Waals surface area contributed by atoms with E-state index in [-0.39, 0.29) is 22.6 Å². The molecule has 240 valence electrons. The van der Waals surface area contributed by atoms with Crippen LogP contribution in [0.15, 0.2) is 36.4 Å². The van der Waals surface area contributed by atoms with E-state index in [0.29, 0.717) is 11.2 Å². The Labute approximate surface area is 263 Å². The van der Waals surface area contributed by atoms with Gasteiger partial charge in [0, 0.05) is 11.1 Å². The molecule has 7 rings (SSSR count). The number of aromatic nitrogens is 7. The van der Waals surface area contributed by atoms with Crippen molar-refractivity contribution in [2.45, 2.75) is 49.1 Å². The van der Waals surface area contributed by atoms with Crippen LogP contribution in [0.2, 0.25) is 0 Å². The van der Waals surface area contributed by atoms with Gasteiger partial charge in [-0.1, -0.05) is 5.11 Å². The van der Waals surface area contributed by atoms with Crippen LogP contribution in [0.4, 0.5) is 15.9 Å². The van der Waals surface area contributed by atoms with Crippen molar-refractivity contribution < 1.29 is 41.4 Å². The van der Waals surface area contributed by atoms with Crippen LogP contribution in [-0.2, 0) is 43.9 Å². The lowest BCUT2D eigenvalue weighted by Gasteiger charge is -2.30. The Bertz CT molecular complexity index is 1970. The molecule has 0 amide bonds. The SMILES string of the molecule is [B]P1(=O)OC[C@H]2O[C@@H](n3cnc4c(N)ccnc43)[C@@H](N=[N+]=[N-])C2OP(O)(=S)OC[C@H]2O[C@@H](n3cnc4c(N)ncnc43)C(F)[C@H]2O1. The molecule has 4 unspecified atom stereocenters. The second-order valence-corrected chi connectivity index (χ2v) is 14.7. The summed E-state index contributed by atoms with van der Waals surface area (Å²) in [4.78, 5) is 34.6. The Morgan fingerprint density at radius 1 is 1.02 bits per heavy atom. The number of rotatable bonds is 3. The number of fused-ring (bicyclic) bond motifs is 4. The van der Waals surface area contributed by atoms with Gasteiger partial charge in [0.2, 0.25) is 7.57 Å². The minimum atomic E-state index is -4.56. The summed E-state index contributed by atoms with van der Waals surface area (Å²) in [7, 11) is 1.35. The molecule has 4 aromatic rings. The zero-order valence-electron chi connectivity index (χ0n) is 23.1. The largest absolute Gasteiger partial charge is 0.397 e. The lowest BCUT2D eigenvalue weighted by molar-refractivity contribution is -0.0564. The molecule has 46 heavy (non-hydrogen) atoms. The zero-order chi connectivity index (χ0) is 32.4. The molecule has 0 saturated carbocycles. The van der Waals surface area contributed by atoms with E-state index >= 15 is 4.39 Å². The van der Waals surface area contributed by atoms with E-state index in [4.69, 9.17) is 58.4 Å². The fourth-order valence-electron chi connectivity index (χ4n) is 5.50. The number of nitrogens with two attached hydrogens (primary N) is 2. The van der Waals surface area contributed by atoms with Crippen LogP contribution in [0.25, 0.3) is 32.8 Å². The molecule has 10 atom stereocenters. The van der Waals surface area contributed by atoms with Crippen molar-refractivity contribution in [1.29, 1.82) is 0 Å². The van der Waals surface area contributed by atoms with Crippen molar-refractivity contribution in [3.8, 4) is 0 Å². The summed E-state index contributed by atoms with van der Waals surface area (Å²) in [5.41, 5.74) is 22.6. The quantitative estimate of drug-likeness (QED) is 0.0902. The lowest BCUT2D eigenvalue weighted by Crippen LogP contribution is -2.37. The highest BCUT2D eigenvalue weighted by atomic mass is 32.5. The molecular weight excluding hydrogens is 672 g/mol. The molecule has 3 aliphatic heterocycles. The predicted octanol–water partition coefficient (Wildman–Crippen LogP) is 1.56. The Morgan fingerprint density at radius 3 is 2.48 bits per heavy atom. The summed E-state index contributed by atoms with van der Waals surface area (Å²) in [6.07, 6.45) is -4.98. The number of imidazole rings is 2. The first-order valence-electron chi connectivity index (χ1n) is 13.3. The number of pyridine rings is 1. The summed E-state index contributed by atoms with van der Waals surface area (Å²) in [6.45, 7) is -5.43. The highest BCUT2D eigenvalue weighted by Gasteiger charge is 2.53. The number of alkyl halides is 1. The highest BCUT2D eigenvalue weighted by Crippen LogP contribution is 2.54. The van der Waals surface area contributed by atoms with Gasteiger partial charge in [0.1, 0.15) is 54.0 Å². The van der Waals surface area contributed by atoms with Crippen LogP contribution in [0.1, 0.15) is 12.5 Å². The van der Waals surface area contributed by atoms with Crippen LogP contribution in [0.3, 0.4) is 0 Å². The van der Waals surface area contributed by atoms with Crippen LogP contribution < -0.4 is 11.5 Å². The number of anilines is 2. The zero-order valence-corrected chi connectivity index (χ0v) is 25.7. The van der Waals surface area contributed by atoms with E-state index in [0.717, 1.165) is 6.33 Å². The van der Waals surface area contributed by atoms with Gasteiger partial charge in [-0.2, -0.15) is 0 Å². The summed E-state index contributed by atoms with van der Waals surface area (Å²) in [5.74, 6) is 0.0527. The first-order chi connectivity index (χ1) is 22.0. The first kappa shape index (κ1) is 31.3. The Kier molecular flexibility index (Phi) is 7.98. The number of nitrogens with zero attached hydrogens (tertiary/aromatic N) is 10. The van der Waals surface area contributed by atoms with E-state index in [2.05, 4.69) is 34.9 Å². The average Bonchev–Trinajstić information content (AvgIpc) is 3.77. The minimum Gasteiger partial charge on any atom is -0.397 e. The number of hydrogen-bond acceptors (Lipinski definition) is 16. The van der Waals surface area contributed by atoms with Gasteiger partial charge in [-0.05, 0) is 23.4 Å². The topological polar surface area (TPSA) is 268 Å². The van der Waals surface area contributed by atoms with Gasteiger partial charge in [-0.15, -0.1) is 0 Å². The van der Waals surface area contributed by atoms with Gasteiger partial charge < -0.3 is 43.9 Å². The second-order valence-electron chi connectivity index (χ2n) is 10.3. The summed E-state index contributed by atoms with van der Waals surface area (Å²) < 4.78 is 66.4. The van der Waals surface area contributed by atoms with E-state index in [9.17, 15) is 15.0 Å². The molecule has 25 heteroatoms. The molecule has 3 fully saturated rings. The highest BCUT2D eigenvalue weighted by molar-refractivity contribution is 8.07. The van der Waals surface area contributed by atoms with E-state index in [1.807, 2.05) is 0 Å². The average molecular weight is 694 g/mol. The number of hydrogen-bond donors (Lipinski definition) is 3. The maximum Gasteiger partial charge on any atom is 0.324 e. The fourth-order valence-corrected chi connectivity index (χ4v) is 7.95. The van der Waals surface area contributed by atoms with Crippen molar-refractivity contribution in [2.75, 3.05) is 24.7 Å². The standard InChI is InChI=1S/C21H22BFN12O8P2S/c22-44(36)38-3-10-16(13(32-33-26)21(41-10)35-6-30-12-8(24)1-2-27-18(12)35)43-45(37,46)39-4-9-15(42-44)11(23)20(40-9)34-7-31-14-17(25)28-5-29-19(14)34/h1-2,5-7,9-11,13,15-16,20-21H,3-4H2,(H2,24,27)(H,37,46)(H2,25,28,29)/t9-,10-,11?,13+,15+,16?,20-,21-,44?,45?/m1/s1. The molecule has 0 aromatic carbocycles. The smallest absolute Gasteiger partial charge is 0.324 e. The number of halogens is 1. The Balaban J connectivity index is 1.20. The Morgan fingerprint density at radius 2 is 1.70 bits per heavy atom. The van der Waals surface area contributed by atoms with Crippen LogP contribution in [0, 0.1) is 0 Å². The van der Waals surface area contributed by atoms with Gasteiger partial charge in [0.25, 0.3) is 7.47 Å². The molecule has 0 aliphatic carbocycles. The number of azide groups is 1. The second kappa shape index (κ2) is 11.7. The van der Waals surface area contributed by atoms with Gasteiger partial charge in [-0.3, -0.25) is 13.7 Å². The molecule has 7 heterocycles. The maximum absolute atomic E-state index is 16.0. The monoisotopic (exact) mass is 694 g/mol. The van der Waals surface area contributed by atoms with Gasteiger partial charge >= 0.3 is 6.72 Å². The molecule has 4 aromatic heterocycles. The fraction of sp³-hybridized carbons (Fsp3) is 0.476. The molecule has 5 N–H and O–H groups in total. The molecule has 0 spiro atoms. The van der Waals surface area contributed by atoms with Crippen molar-refractivity contribution in [3.05, 3.63) is 41.7 Å². The predicted molar refractivity (Wildman–Crippen MR) is 159 cm³/mol. The number of nitrogen functional groups attached to an aromatic ring is 2. The third-order valence-electron chi connectivity index (χ3n) is 7.53. The molecule has 2 radical (unpaired) electrons. The molecule has 3 saturated heterocycles. The molecule has 20 nitrogen and oxygen atoms in total. The summed E-state index contributed by atoms with van der Waals surface area (Å²) in [6, 6.07) is 0.324. The third-order valence-corrected chi connectivity index (χ3v) is 10.1. The van der Waals surface area contributed by atoms with Crippen molar-refractivity contribution in [2.24, 2.45) is 5.11 Å². The molecule has 0 bridgehead atoms. The lowest BCUT2D eigenvalue weighted by atomic mass is 10.1. The van der Waals surface area contributed by atoms with E-state index in [1.165, 1.54) is 28.0 Å². The van der Waals surface area contributed by atoms with Crippen LogP contribution in [0.5, 0.6) is 0 Å². The van der Waals surface area contributed by atoms with Crippen molar-refractivity contribution in [3.63, 3.8) is 0 Å². The van der Waals surface area contributed by atoms with Crippen molar-refractivity contribution >= 4 is 67.4 Å². The minimum absolute atomic E-state index is 0.0527. The third kappa shape index (κ3) is 5.52. The van der Waals surface area contributed by atoms with Gasteiger partial charge in [-0.25, -0.2) is 29.3 Å². The maximum atomic E-state index is 16.0. The van der Waals surface area contributed by atoms with Gasteiger partial charge in [0.15, 0.2) is 29.5 Å². The molecular formula is C21H22BFN12O8P2S. The van der Waals surface area contributed by atoms with E-state index < -0.39 is 76.5 Å². The number of ether oxygens (including phenoxy) is 2. The Hall–Kier alpha value is -3.33. The first-order valence-corrected chi connectivity index (χ1v) is 17.5. The van der Waals surface area contributed by atoms with Gasteiger partial charge in [0.05, 0.1) is 31.6 Å². The summed E-state index contributed by atoms with van der Waals surface area (Å²) >= 11 is 5.27. The van der Waals surface area contributed by atoms with Crippen LogP contribution in [-0.4, -0.2) is 96.4 Å². The normalized spacial score (nSPS) is 36.8. The summed E-state index contributed by atoms with van der Waals surface area (Å²) in [5, 5.41) is 3.82.